The second-order valence-corrected chi connectivity index (χ2v) is 7.20. The lowest BCUT2D eigenvalue weighted by Gasteiger charge is -2.13. The quantitative estimate of drug-likeness (QED) is 0.388. The summed E-state index contributed by atoms with van der Waals surface area (Å²) in [7, 11) is 1.70. The molecule has 0 saturated heterocycles. The van der Waals surface area contributed by atoms with Gasteiger partial charge < -0.3 is 14.8 Å². The summed E-state index contributed by atoms with van der Waals surface area (Å²) in [6, 6.07) is 14.6. The lowest BCUT2D eigenvalue weighted by atomic mass is 10.1. The highest BCUT2D eigenvalue weighted by atomic mass is 35.5. The molecule has 1 N–H and O–H groups in total. The standard InChI is InChI=1S/C24H35NO2.ClH/c1-4-5-6-7-8-9-16-25-18-22-14-15-23(24(17-22)26-3)27-19-21-12-10-20(2)11-13-21;/h10-15,17,25H,4-9,16,18-19H2,1-3H3;1H. The van der Waals surface area contributed by atoms with Crippen LogP contribution in [0.25, 0.3) is 0 Å². The molecule has 0 aliphatic heterocycles. The van der Waals surface area contributed by atoms with Crippen LogP contribution in [0.3, 0.4) is 0 Å². The van der Waals surface area contributed by atoms with Crippen molar-refractivity contribution >= 4 is 12.4 Å². The van der Waals surface area contributed by atoms with Crippen molar-refractivity contribution in [2.24, 2.45) is 0 Å². The molecule has 0 fully saturated rings. The van der Waals surface area contributed by atoms with Gasteiger partial charge in [0.15, 0.2) is 11.5 Å². The average molecular weight is 406 g/mol. The van der Waals surface area contributed by atoms with Crippen molar-refractivity contribution in [3.05, 3.63) is 59.2 Å². The van der Waals surface area contributed by atoms with Gasteiger partial charge in [0.2, 0.25) is 0 Å². The molecule has 0 unspecified atom stereocenters. The Bertz CT molecular complexity index is 658. The fourth-order valence-corrected chi connectivity index (χ4v) is 3.05. The van der Waals surface area contributed by atoms with Crippen LogP contribution in [0, 0.1) is 6.92 Å². The smallest absolute Gasteiger partial charge is 0.161 e. The van der Waals surface area contributed by atoms with Crippen LogP contribution < -0.4 is 14.8 Å². The first-order chi connectivity index (χ1) is 13.2. The van der Waals surface area contributed by atoms with Gasteiger partial charge in [-0.2, -0.15) is 0 Å². The first-order valence-corrected chi connectivity index (χ1v) is 10.3. The predicted octanol–water partition coefficient (Wildman–Crippen LogP) is 6.45. The molecule has 0 saturated carbocycles. The molecule has 0 aliphatic carbocycles. The normalized spacial score (nSPS) is 10.4. The van der Waals surface area contributed by atoms with E-state index in [9.17, 15) is 0 Å². The Hall–Kier alpha value is -1.71. The van der Waals surface area contributed by atoms with Crippen molar-refractivity contribution < 1.29 is 9.47 Å². The van der Waals surface area contributed by atoms with E-state index in [-0.39, 0.29) is 12.4 Å². The first-order valence-electron chi connectivity index (χ1n) is 10.3. The molecule has 0 radical (unpaired) electrons. The molecule has 0 aromatic heterocycles. The maximum absolute atomic E-state index is 5.95. The van der Waals surface area contributed by atoms with E-state index in [1.54, 1.807) is 7.11 Å². The molecule has 0 aliphatic rings. The van der Waals surface area contributed by atoms with Crippen LogP contribution in [0.15, 0.2) is 42.5 Å². The third kappa shape index (κ3) is 8.99. The molecule has 4 heteroatoms. The fraction of sp³-hybridized carbons (Fsp3) is 0.500. The highest BCUT2D eigenvalue weighted by molar-refractivity contribution is 5.85. The molecule has 2 aromatic carbocycles. The molecule has 2 aromatic rings. The molecule has 3 nitrogen and oxygen atoms in total. The van der Waals surface area contributed by atoms with E-state index < -0.39 is 0 Å². The zero-order valence-corrected chi connectivity index (χ0v) is 18.4. The second kappa shape index (κ2) is 14.3. The Morgan fingerprint density at radius 3 is 2.21 bits per heavy atom. The predicted molar refractivity (Wildman–Crippen MR) is 121 cm³/mol. The van der Waals surface area contributed by atoms with Gasteiger partial charge in [-0.1, -0.05) is 74.9 Å². The maximum atomic E-state index is 5.95. The summed E-state index contributed by atoms with van der Waals surface area (Å²) >= 11 is 0. The van der Waals surface area contributed by atoms with E-state index in [4.69, 9.17) is 9.47 Å². The number of aryl methyl sites for hydroxylation is 1. The summed E-state index contributed by atoms with van der Waals surface area (Å²) < 4.78 is 11.5. The van der Waals surface area contributed by atoms with Crippen molar-refractivity contribution in [2.75, 3.05) is 13.7 Å². The highest BCUT2D eigenvalue weighted by Gasteiger charge is 2.06. The summed E-state index contributed by atoms with van der Waals surface area (Å²) in [5, 5.41) is 3.53. The van der Waals surface area contributed by atoms with Crippen molar-refractivity contribution in [1.29, 1.82) is 0 Å². The minimum absolute atomic E-state index is 0. The Kier molecular flexibility index (Phi) is 12.4. The number of unbranched alkanes of at least 4 members (excludes halogenated alkanes) is 5. The van der Waals surface area contributed by atoms with Crippen LogP contribution in [0.1, 0.15) is 62.1 Å². The topological polar surface area (TPSA) is 30.5 Å². The maximum Gasteiger partial charge on any atom is 0.161 e. The number of ether oxygens (including phenoxy) is 2. The van der Waals surface area contributed by atoms with Gasteiger partial charge in [-0.3, -0.25) is 0 Å². The van der Waals surface area contributed by atoms with Gasteiger partial charge in [0.05, 0.1) is 7.11 Å². The van der Waals surface area contributed by atoms with Gasteiger partial charge in [-0.25, -0.2) is 0 Å². The molecule has 0 heterocycles. The van der Waals surface area contributed by atoms with Crippen molar-refractivity contribution in [3.8, 4) is 11.5 Å². The zero-order valence-electron chi connectivity index (χ0n) is 17.6. The molecule has 0 atom stereocenters. The first kappa shape index (κ1) is 24.3. The lowest BCUT2D eigenvalue weighted by molar-refractivity contribution is 0.284. The van der Waals surface area contributed by atoms with Crippen LogP contribution in [-0.2, 0) is 13.2 Å². The third-order valence-electron chi connectivity index (χ3n) is 4.78. The van der Waals surface area contributed by atoms with Gasteiger partial charge in [-0.15, -0.1) is 12.4 Å². The second-order valence-electron chi connectivity index (χ2n) is 7.20. The Balaban J connectivity index is 0.00000392. The summed E-state index contributed by atoms with van der Waals surface area (Å²) in [6.45, 7) is 6.83. The summed E-state index contributed by atoms with van der Waals surface area (Å²) in [5.41, 5.74) is 3.64. The Labute approximate surface area is 177 Å². The van der Waals surface area contributed by atoms with E-state index in [0.717, 1.165) is 30.2 Å². The van der Waals surface area contributed by atoms with Crippen LogP contribution in [0.5, 0.6) is 11.5 Å². The minimum Gasteiger partial charge on any atom is -0.493 e. The largest absolute Gasteiger partial charge is 0.493 e. The SMILES string of the molecule is CCCCCCCCNCc1ccc(OCc2ccc(C)cc2)c(OC)c1.Cl. The van der Waals surface area contributed by atoms with Crippen molar-refractivity contribution in [1.82, 2.24) is 5.32 Å². The van der Waals surface area contributed by atoms with E-state index in [1.807, 2.05) is 6.07 Å². The van der Waals surface area contributed by atoms with E-state index in [0.29, 0.717) is 6.61 Å². The minimum atomic E-state index is 0. The van der Waals surface area contributed by atoms with Crippen LogP contribution in [-0.4, -0.2) is 13.7 Å². The van der Waals surface area contributed by atoms with Crippen molar-refractivity contribution in [3.63, 3.8) is 0 Å². The van der Waals surface area contributed by atoms with Crippen LogP contribution in [0.4, 0.5) is 0 Å². The molecule has 0 bridgehead atoms. The Morgan fingerprint density at radius 1 is 0.821 bits per heavy atom. The average Bonchev–Trinajstić information content (AvgIpc) is 2.70. The van der Waals surface area contributed by atoms with Gasteiger partial charge in [0, 0.05) is 6.54 Å². The van der Waals surface area contributed by atoms with E-state index in [1.165, 1.54) is 49.7 Å². The summed E-state index contributed by atoms with van der Waals surface area (Å²) in [6.07, 6.45) is 7.98. The van der Waals surface area contributed by atoms with Crippen molar-refractivity contribution in [2.45, 2.75) is 65.5 Å². The molecule has 2 rings (SSSR count). The number of hydrogen-bond acceptors (Lipinski definition) is 3. The van der Waals surface area contributed by atoms with Gasteiger partial charge in [0.1, 0.15) is 6.61 Å². The summed E-state index contributed by atoms with van der Waals surface area (Å²) in [5.74, 6) is 1.58. The number of nitrogens with one attached hydrogen (secondary N) is 1. The monoisotopic (exact) mass is 405 g/mol. The number of benzene rings is 2. The number of hydrogen-bond donors (Lipinski definition) is 1. The summed E-state index contributed by atoms with van der Waals surface area (Å²) in [4.78, 5) is 0. The molecule has 28 heavy (non-hydrogen) atoms. The zero-order chi connectivity index (χ0) is 19.3. The highest BCUT2D eigenvalue weighted by Crippen LogP contribution is 2.29. The third-order valence-corrected chi connectivity index (χ3v) is 4.78. The van der Waals surface area contributed by atoms with E-state index in [2.05, 4.69) is 55.6 Å². The molecule has 156 valence electrons. The number of methoxy groups -OCH3 is 1. The molecular formula is C24H36ClNO2. The van der Waals surface area contributed by atoms with Gasteiger partial charge >= 0.3 is 0 Å². The van der Waals surface area contributed by atoms with Gasteiger partial charge in [-0.05, 0) is 43.1 Å². The number of halogens is 1. The number of rotatable bonds is 13. The van der Waals surface area contributed by atoms with Gasteiger partial charge in [0.25, 0.3) is 0 Å². The molecule has 0 amide bonds. The van der Waals surface area contributed by atoms with Crippen LogP contribution in [0.2, 0.25) is 0 Å². The Morgan fingerprint density at radius 2 is 1.50 bits per heavy atom. The fourth-order valence-electron chi connectivity index (χ4n) is 3.05. The molecule has 0 spiro atoms. The van der Waals surface area contributed by atoms with Crippen LogP contribution >= 0.6 is 12.4 Å². The molecular weight excluding hydrogens is 370 g/mol. The lowest BCUT2D eigenvalue weighted by Crippen LogP contribution is -2.14. The van der Waals surface area contributed by atoms with E-state index >= 15 is 0 Å².